The molecule has 3 rings (SSSR count). The third-order valence-corrected chi connectivity index (χ3v) is 5.69. The number of methoxy groups -OCH3 is 2. The van der Waals surface area contributed by atoms with E-state index in [1.54, 1.807) is 37.3 Å². The molecule has 166 valence electrons. The first-order valence-corrected chi connectivity index (χ1v) is 10.4. The summed E-state index contributed by atoms with van der Waals surface area (Å²) in [4.78, 5) is 26.9. The van der Waals surface area contributed by atoms with Crippen LogP contribution in [0.2, 0.25) is 0 Å². The fraction of sp³-hybridized carbons (Fsp3) is 0.417. The normalized spacial score (nSPS) is 14.1. The largest absolute Gasteiger partial charge is 0.493 e. The highest BCUT2D eigenvalue weighted by Crippen LogP contribution is 2.28. The van der Waals surface area contributed by atoms with E-state index in [9.17, 15) is 9.59 Å². The molecule has 2 amide bonds. The summed E-state index contributed by atoms with van der Waals surface area (Å²) in [6.45, 7) is 5.13. The first-order chi connectivity index (χ1) is 14.9. The van der Waals surface area contributed by atoms with Crippen molar-refractivity contribution in [1.29, 1.82) is 0 Å². The van der Waals surface area contributed by atoms with Crippen LogP contribution in [0.4, 0.5) is 0 Å². The molecule has 7 nitrogen and oxygen atoms in total. The van der Waals surface area contributed by atoms with Gasteiger partial charge in [-0.3, -0.25) is 9.59 Å². The molecule has 2 aromatic rings. The van der Waals surface area contributed by atoms with E-state index in [0.29, 0.717) is 43.0 Å². The number of carbonyl (C=O) groups is 2. The Morgan fingerprint density at radius 3 is 2.39 bits per heavy atom. The number of rotatable bonds is 7. The average Bonchev–Trinajstić information content (AvgIpc) is 2.79. The van der Waals surface area contributed by atoms with Gasteiger partial charge in [-0.25, -0.2) is 0 Å². The minimum absolute atomic E-state index is 0.0188. The first-order valence-electron chi connectivity index (χ1n) is 10.4. The molecule has 0 spiro atoms. The molecule has 0 aromatic heterocycles. The maximum Gasteiger partial charge on any atom is 0.258 e. The molecule has 1 saturated heterocycles. The van der Waals surface area contributed by atoms with Gasteiger partial charge in [0.25, 0.3) is 11.8 Å². The summed E-state index contributed by atoms with van der Waals surface area (Å²) in [5.41, 5.74) is 2.73. The summed E-state index contributed by atoms with van der Waals surface area (Å²) in [6.07, 6.45) is 1.41. The van der Waals surface area contributed by atoms with Crippen LogP contribution in [0.15, 0.2) is 36.4 Å². The number of benzene rings is 2. The Labute approximate surface area is 183 Å². The lowest BCUT2D eigenvalue weighted by molar-refractivity contribution is -0.124. The van der Waals surface area contributed by atoms with Crippen LogP contribution in [0.5, 0.6) is 17.2 Å². The summed E-state index contributed by atoms with van der Waals surface area (Å²) in [5, 5.41) is 3.02. The fourth-order valence-corrected chi connectivity index (χ4v) is 3.67. The van der Waals surface area contributed by atoms with Crippen molar-refractivity contribution in [2.24, 2.45) is 0 Å². The Hall–Kier alpha value is -3.22. The van der Waals surface area contributed by atoms with Gasteiger partial charge in [-0.15, -0.1) is 0 Å². The third-order valence-electron chi connectivity index (χ3n) is 5.69. The number of ether oxygens (including phenoxy) is 3. The molecule has 1 aliphatic rings. The van der Waals surface area contributed by atoms with Gasteiger partial charge in [-0.1, -0.05) is 12.1 Å². The van der Waals surface area contributed by atoms with E-state index in [1.165, 1.54) is 0 Å². The molecule has 0 bridgehead atoms. The summed E-state index contributed by atoms with van der Waals surface area (Å²) in [5.74, 6) is 1.64. The molecule has 1 aliphatic heterocycles. The predicted octanol–water partition coefficient (Wildman–Crippen LogP) is 3.12. The van der Waals surface area contributed by atoms with Crippen LogP contribution in [0.3, 0.4) is 0 Å². The molecular formula is C24H30N2O5. The monoisotopic (exact) mass is 426 g/mol. The summed E-state index contributed by atoms with van der Waals surface area (Å²) < 4.78 is 16.2. The highest BCUT2D eigenvalue weighted by molar-refractivity contribution is 5.95. The van der Waals surface area contributed by atoms with Crippen molar-refractivity contribution in [3.05, 3.63) is 53.1 Å². The van der Waals surface area contributed by atoms with Crippen molar-refractivity contribution >= 4 is 11.8 Å². The number of hydrogen-bond acceptors (Lipinski definition) is 5. The second kappa shape index (κ2) is 10.2. The van der Waals surface area contributed by atoms with Crippen LogP contribution < -0.4 is 19.5 Å². The van der Waals surface area contributed by atoms with Gasteiger partial charge in [0, 0.05) is 24.7 Å². The van der Waals surface area contributed by atoms with E-state index in [4.69, 9.17) is 14.2 Å². The number of piperidine rings is 1. The highest BCUT2D eigenvalue weighted by Gasteiger charge is 2.25. The number of hydrogen-bond donors (Lipinski definition) is 1. The van der Waals surface area contributed by atoms with Crippen molar-refractivity contribution in [1.82, 2.24) is 10.2 Å². The highest BCUT2D eigenvalue weighted by atomic mass is 16.5. The van der Waals surface area contributed by atoms with Gasteiger partial charge < -0.3 is 24.4 Å². The Bertz CT molecular complexity index is 936. The van der Waals surface area contributed by atoms with Crippen LogP contribution in [0, 0.1) is 13.8 Å². The van der Waals surface area contributed by atoms with Gasteiger partial charge in [0.2, 0.25) is 0 Å². The van der Waals surface area contributed by atoms with Gasteiger partial charge in [0.1, 0.15) is 5.75 Å². The first kappa shape index (κ1) is 22.5. The van der Waals surface area contributed by atoms with Gasteiger partial charge >= 0.3 is 0 Å². The Balaban J connectivity index is 1.48. The molecular weight excluding hydrogens is 396 g/mol. The molecule has 1 N–H and O–H groups in total. The van der Waals surface area contributed by atoms with Crippen LogP contribution in [-0.4, -0.2) is 56.7 Å². The van der Waals surface area contributed by atoms with Gasteiger partial charge in [-0.05, 0) is 62.1 Å². The molecule has 0 saturated carbocycles. The lowest BCUT2D eigenvalue weighted by Crippen LogP contribution is -2.47. The zero-order chi connectivity index (χ0) is 22.4. The number of nitrogens with zero attached hydrogens (tertiary/aromatic N) is 1. The lowest BCUT2D eigenvalue weighted by atomic mass is 10.0. The molecule has 0 radical (unpaired) electrons. The van der Waals surface area contributed by atoms with Gasteiger partial charge in [0.15, 0.2) is 18.1 Å². The Morgan fingerprint density at radius 1 is 1.00 bits per heavy atom. The van der Waals surface area contributed by atoms with Crippen LogP contribution in [0.25, 0.3) is 0 Å². The molecule has 31 heavy (non-hydrogen) atoms. The topological polar surface area (TPSA) is 77.1 Å². The van der Waals surface area contributed by atoms with E-state index in [1.807, 2.05) is 32.0 Å². The van der Waals surface area contributed by atoms with Crippen LogP contribution in [-0.2, 0) is 4.79 Å². The van der Waals surface area contributed by atoms with E-state index in [-0.39, 0.29) is 24.5 Å². The zero-order valence-electron chi connectivity index (χ0n) is 18.6. The van der Waals surface area contributed by atoms with E-state index in [2.05, 4.69) is 5.32 Å². The number of nitrogens with one attached hydrogen (secondary N) is 1. The Morgan fingerprint density at radius 2 is 1.71 bits per heavy atom. The van der Waals surface area contributed by atoms with Crippen LogP contribution in [0.1, 0.15) is 34.3 Å². The maximum absolute atomic E-state index is 12.8. The summed E-state index contributed by atoms with van der Waals surface area (Å²) >= 11 is 0. The molecule has 7 heteroatoms. The number of likely N-dealkylation sites (tertiary alicyclic amines) is 1. The van der Waals surface area contributed by atoms with Crippen molar-refractivity contribution in [2.75, 3.05) is 33.9 Å². The SMILES string of the molecule is COc1ccc(C(=O)N2CCC(NC(=O)COc3cccc(C)c3C)CC2)cc1OC. The quantitative estimate of drug-likeness (QED) is 0.736. The maximum atomic E-state index is 12.8. The van der Waals surface area contributed by atoms with E-state index in [0.717, 1.165) is 16.9 Å². The van der Waals surface area contributed by atoms with Crippen molar-refractivity contribution < 1.29 is 23.8 Å². The zero-order valence-corrected chi connectivity index (χ0v) is 18.6. The summed E-state index contributed by atoms with van der Waals surface area (Å²) in [6, 6.07) is 11.0. The number of carbonyl (C=O) groups excluding carboxylic acids is 2. The predicted molar refractivity (Wildman–Crippen MR) is 118 cm³/mol. The van der Waals surface area contributed by atoms with Crippen molar-refractivity contribution in [3.8, 4) is 17.2 Å². The molecule has 1 fully saturated rings. The van der Waals surface area contributed by atoms with Crippen molar-refractivity contribution in [2.45, 2.75) is 32.7 Å². The molecule has 2 aromatic carbocycles. The molecule has 0 atom stereocenters. The third kappa shape index (κ3) is 5.48. The number of amides is 2. The number of aryl methyl sites for hydroxylation is 1. The smallest absolute Gasteiger partial charge is 0.258 e. The average molecular weight is 427 g/mol. The van der Waals surface area contributed by atoms with Gasteiger partial charge in [-0.2, -0.15) is 0 Å². The second-order valence-electron chi connectivity index (χ2n) is 7.69. The standard InChI is InChI=1S/C24H30N2O5/c1-16-6-5-7-20(17(16)2)31-15-23(27)25-19-10-12-26(13-11-19)24(28)18-8-9-21(29-3)22(14-18)30-4/h5-9,14,19H,10-13,15H2,1-4H3,(H,25,27). The minimum Gasteiger partial charge on any atom is -0.493 e. The summed E-state index contributed by atoms with van der Waals surface area (Å²) in [7, 11) is 3.11. The van der Waals surface area contributed by atoms with E-state index < -0.39 is 0 Å². The minimum atomic E-state index is -0.148. The van der Waals surface area contributed by atoms with E-state index >= 15 is 0 Å². The van der Waals surface area contributed by atoms with Crippen molar-refractivity contribution in [3.63, 3.8) is 0 Å². The lowest BCUT2D eigenvalue weighted by Gasteiger charge is -2.32. The molecule has 0 unspecified atom stereocenters. The van der Waals surface area contributed by atoms with Gasteiger partial charge in [0.05, 0.1) is 14.2 Å². The second-order valence-corrected chi connectivity index (χ2v) is 7.69. The molecule has 0 aliphatic carbocycles. The molecule has 1 heterocycles. The van der Waals surface area contributed by atoms with Crippen LogP contribution >= 0.6 is 0 Å². The fourth-order valence-electron chi connectivity index (χ4n) is 3.67. The Kier molecular flexibility index (Phi) is 7.39.